The van der Waals surface area contributed by atoms with E-state index in [0.29, 0.717) is 28.0 Å². The molecule has 1 N–H and O–H groups in total. The molecule has 0 unspecified atom stereocenters. The van der Waals surface area contributed by atoms with Gasteiger partial charge in [-0.05, 0) is 54.1 Å². The Morgan fingerprint density at radius 2 is 1.81 bits per heavy atom. The van der Waals surface area contributed by atoms with Crippen molar-refractivity contribution in [2.75, 3.05) is 0 Å². The highest BCUT2D eigenvalue weighted by Crippen LogP contribution is 2.22. The molecule has 3 aromatic rings. The maximum Gasteiger partial charge on any atom is 0.271 e. The molecule has 0 bridgehead atoms. The van der Waals surface area contributed by atoms with Crippen LogP contribution in [0.15, 0.2) is 72.1 Å². The lowest BCUT2D eigenvalue weighted by atomic mass is 10.2. The van der Waals surface area contributed by atoms with Crippen molar-refractivity contribution in [2.45, 2.75) is 6.61 Å². The highest BCUT2D eigenvalue weighted by molar-refractivity contribution is 6.35. The van der Waals surface area contributed by atoms with Gasteiger partial charge in [0.25, 0.3) is 5.91 Å². The van der Waals surface area contributed by atoms with Gasteiger partial charge in [0.05, 0.1) is 6.21 Å². The van der Waals surface area contributed by atoms with E-state index in [9.17, 15) is 4.79 Å². The molecule has 0 fully saturated rings. The molecule has 1 heterocycles. The molecule has 0 saturated heterocycles. The van der Waals surface area contributed by atoms with Crippen molar-refractivity contribution in [3.05, 3.63) is 93.7 Å². The maximum atomic E-state index is 12.1. The highest BCUT2D eigenvalue weighted by Gasteiger charge is 2.06. The minimum atomic E-state index is -0.312. The van der Waals surface area contributed by atoms with Crippen LogP contribution in [0.5, 0.6) is 5.75 Å². The largest absolute Gasteiger partial charge is 0.489 e. The van der Waals surface area contributed by atoms with Crippen LogP contribution in [0.25, 0.3) is 0 Å². The Morgan fingerprint density at radius 3 is 2.52 bits per heavy atom. The van der Waals surface area contributed by atoms with Crippen molar-refractivity contribution in [3.8, 4) is 5.75 Å². The van der Waals surface area contributed by atoms with Crippen LogP contribution in [0.1, 0.15) is 21.5 Å². The summed E-state index contributed by atoms with van der Waals surface area (Å²) in [6.45, 7) is 0.303. The maximum absolute atomic E-state index is 12.1. The zero-order valence-corrected chi connectivity index (χ0v) is 15.6. The fourth-order valence-corrected chi connectivity index (χ4v) is 2.64. The molecule has 0 spiro atoms. The number of pyridine rings is 1. The van der Waals surface area contributed by atoms with Crippen molar-refractivity contribution < 1.29 is 9.53 Å². The van der Waals surface area contributed by atoms with E-state index in [4.69, 9.17) is 27.9 Å². The minimum Gasteiger partial charge on any atom is -0.489 e. The third kappa shape index (κ3) is 5.54. The molecule has 0 atom stereocenters. The lowest BCUT2D eigenvalue weighted by Crippen LogP contribution is -2.17. The van der Waals surface area contributed by atoms with Crippen molar-refractivity contribution >= 4 is 35.3 Å². The second kappa shape index (κ2) is 9.16. The number of nitrogens with zero attached hydrogens (tertiary/aromatic N) is 2. The van der Waals surface area contributed by atoms with Crippen molar-refractivity contribution in [2.24, 2.45) is 5.10 Å². The van der Waals surface area contributed by atoms with Gasteiger partial charge in [0.2, 0.25) is 0 Å². The molecule has 5 nitrogen and oxygen atoms in total. The number of halogens is 2. The number of rotatable bonds is 6. The summed E-state index contributed by atoms with van der Waals surface area (Å²) in [7, 11) is 0. The molecular weight excluding hydrogens is 385 g/mol. The first kappa shape index (κ1) is 18.9. The van der Waals surface area contributed by atoms with Crippen LogP contribution in [-0.2, 0) is 6.61 Å². The number of hydrogen-bond donors (Lipinski definition) is 1. The normalized spacial score (nSPS) is 10.7. The number of nitrogens with one attached hydrogen (secondary N) is 1. The second-order valence-corrected chi connectivity index (χ2v) is 6.37. The molecule has 1 aromatic heterocycles. The summed E-state index contributed by atoms with van der Waals surface area (Å²) in [4.78, 5) is 16.0. The molecule has 27 heavy (non-hydrogen) atoms. The van der Waals surface area contributed by atoms with Crippen LogP contribution in [0.4, 0.5) is 0 Å². The number of carbonyl (C=O) groups is 1. The number of carbonyl (C=O) groups excluding carboxylic acids is 1. The first-order valence-electron chi connectivity index (χ1n) is 8.02. The van der Waals surface area contributed by atoms with Gasteiger partial charge in [0.1, 0.15) is 12.4 Å². The fraction of sp³-hybridized carbons (Fsp3) is 0.0500. The van der Waals surface area contributed by atoms with Gasteiger partial charge in [0.15, 0.2) is 0 Å². The summed E-state index contributed by atoms with van der Waals surface area (Å²) in [6, 6.07) is 15.6. The Balaban J connectivity index is 1.54. The molecule has 2 aromatic carbocycles. The van der Waals surface area contributed by atoms with Gasteiger partial charge < -0.3 is 4.74 Å². The number of ether oxygens (including phenoxy) is 1. The molecule has 0 aliphatic heterocycles. The lowest BCUT2D eigenvalue weighted by molar-refractivity contribution is 0.0955. The van der Waals surface area contributed by atoms with E-state index in [1.165, 1.54) is 0 Å². The van der Waals surface area contributed by atoms with Crippen molar-refractivity contribution in [1.29, 1.82) is 0 Å². The molecule has 0 saturated carbocycles. The molecule has 3 rings (SSSR count). The molecule has 0 aliphatic carbocycles. The number of amides is 1. The van der Waals surface area contributed by atoms with E-state index >= 15 is 0 Å². The van der Waals surface area contributed by atoms with E-state index in [-0.39, 0.29) is 5.91 Å². The van der Waals surface area contributed by atoms with E-state index in [1.54, 1.807) is 67.1 Å². The average Bonchev–Trinajstić information content (AvgIpc) is 2.68. The van der Waals surface area contributed by atoms with Crippen molar-refractivity contribution in [1.82, 2.24) is 10.4 Å². The van der Waals surface area contributed by atoms with Crippen LogP contribution < -0.4 is 10.2 Å². The standard InChI is InChI=1S/C20H15Cl2N3O2/c21-17-4-1-16(19(22)11-17)13-27-18-5-2-15(3-6-18)20(26)25-24-12-14-7-9-23-10-8-14/h1-12H,13H2,(H,25,26)/b24-12-. The lowest BCUT2D eigenvalue weighted by Gasteiger charge is -2.08. The van der Waals surface area contributed by atoms with Gasteiger partial charge >= 0.3 is 0 Å². The van der Waals surface area contributed by atoms with E-state index in [0.717, 1.165) is 11.1 Å². The van der Waals surface area contributed by atoms with Gasteiger partial charge in [-0.15, -0.1) is 0 Å². The predicted molar refractivity (Wildman–Crippen MR) is 107 cm³/mol. The average molecular weight is 400 g/mol. The van der Waals surface area contributed by atoms with E-state index < -0.39 is 0 Å². The van der Waals surface area contributed by atoms with Gasteiger partial charge in [-0.1, -0.05) is 29.3 Å². The number of hydrogen-bond acceptors (Lipinski definition) is 4. The summed E-state index contributed by atoms with van der Waals surface area (Å²) < 4.78 is 5.69. The zero-order chi connectivity index (χ0) is 19.1. The summed E-state index contributed by atoms with van der Waals surface area (Å²) in [5.74, 6) is 0.311. The predicted octanol–water partition coefficient (Wildman–Crippen LogP) is 4.73. The molecule has 0 radical (unpaired) electrons. The van der Waals surface area contributed by atoms with Crippen LogP contribution in [0, 0.1) is 0 Å². The van der Waals surface area contributed by atoms with E-state index in [1.807, 2.05) is 6.07 Å². The summed E-state index contributed by atoms with van der Waals surface area (Å²) in [5.41, 5.74) is 4.62. The minimum absolute atomic E-state index is 0.303. The Labute approximate surface area is 166 Å². The van der Waals surface area contributed by atoms with Crippen LogP contribution in [-0.4, -0.2) is 17.1 Å². The second-order valence-electron chi connectivity index (χ2n) is 5.53. The monoisotopic (exact) mass is 399 g/mol. The molecule has 136 valence electrons. The Kier molecular flexibility index (Phi) is 6.41. The van der Waals surface area contributed by atoms with Crippen LogP contribution in [0.3, 0.4) is 0 Å². The molecule has 0 aliphatic rings. The SMILES string of the molecule is O=C(N/N=C\c1ccncc1)c1ccc(OCc2ccc(Cl)cc2Cl)cc1. The molecule has 7 heteroatoms. The Morgan fingerprint density at radius 1 is 1.07 bits per heavy atom. The smallest absolute Gasteiger partial charge is 0.271 e. The first-order valence-corrected chi connectivity index (χ1v) is 8.77. The summed E-state index contributed by atoms with van der Waals surface area (Å²) >= 11 is 12.0. The van der Waals surface area contributed by atoms with Gasteiger partial charge in [-0.25, -0.2) is 5.43 Å². The molecule has 1 amide bonds. The number of hydrazone groups is 1. The highest BCUT2D eigenvalue weighted by atomic mass is 35.5. The topological polar surface area (TPSA) is 63.6 Å². The third-order valence-corrected chi connectivity index (χ3v) is 4.20. The fourth-order valence-electron chi connectivity index (χ4n) is 2.18. The van der Waals surface area contributed by atoms with Gasteiger partial charge in [-0.2, -0.15) is 5.10 Å². The van der Waals surface area contributed by atoms with Crippen LogP contribution >= 0.6 is 23.2 Å². The summed E-state index contributed by atoms with van der Waals surface area (Å²) in [6.07, 6.45) is 4.85. The zero-order valence-electron chi connectivity index (χ0n) is 14.1. The molecular formula is C20H15Cl2N3O2. The number of aromatic nitrogens is 1. The summed E-state index contributed by atoms with van der Waals surface area (Å²) in [5, 5.41) is 5.05. The van der Waals surface area contributed by atoms with Gasteiger partial charge in [-0.3, -0.25) is 9.78 Å². The Bertz CT molecular complexity index is 945. The third-order valence-electron chi connectivity index (χ3n) is 3.61. The van der Waals surface area contributed by atoms with E-state index in [2.05, 4.69) is 15.5 Å². The quantitative estimate of drug-likeness (QED) is 0.481. The first-order chi connectivity index (χ1) is 13.1. The van der Waals surface area contributed by atoms with Crippen LogP contribution in [0.2, 0.25) is 10.0 Å². The van der Waals surface area contributed by atoms with Crippen molar-refractivity contribution in [3.63, 3.8) is 0 Å². The number of benzene rings is 2. The van der Waals surface area contributed by atoms with Gasteiger partial charge in [0, 0.05) is 33.6 Å². The Hall–Kier alpha value is -2.89.